The van der Waals surface area contributed by atoms with Gasteiger partial charge < -0.3 is 5.32 Å². The summed E-state index contributed by atoms with van der Waals surface area (Å²) < 4.78 is 0. The van der Waals surface area contributed by atoms with Crippen LogP contribution in [0, 0.1) is 16.0 Å². The van der Waals surface area contributed by atoms with Crippen LogP contribution in [0.25, 0.3) is 0 Å². The van der Waals surface area contributed by atoms with Crippen molar-refractivity contribution in [3.63, 3.8) is 0 Å². The highest BCUT2D eigenvalue weighted by Crippen LogP contribution is 2.17. The fourth-order valence-corrected chi connectivity index (χ4v) is 1.59. The molecule has 1 atom stereocenters. The predicted molar refractivity (Wildman–Crippen MR) is 46.8 cm³/mol. The van der Waals surface area contributed by atoms with Crippen molar-refractivity contribution in [3.05, 3.63) is 10.1 Å². The van der Waals surface area contributed by atoms with Crippen LogP contribution in [-0.2, 0) is 4.79 Å². The van der Waals surface area contributed by atoms with E-state index in [-0.39, 0.29) is 23.3 Å². The van der Waals surface area contributed by atoms with E-state index in [0.717, 1.165) is 12.8 Å². The lowest BCUT2D eigenvalue weighted by atomic mass is 9.97. The SMILES string of the molecule is O=C1CC(CC[N+](=O)[O-])CCCN1. The standard InChI is InChI=1S/C8H14N2O3/c11-8-6-7(2-1-4-9-8)3-5-10(12)13/h7H,1-6H2,(H,9,11). The molecule has 1 fully saturated rings. The maximum absolute atomic E-state index is 11.1. The van der Waals surface area contributed by atoms with Crippen molar-refractivity contribution in [3.8, 4) is 0 Å². The van der Waals surface area contributed by atoms with Gasteiger partial charge in [0.05, 0.1) is 0 Å². The first-order chi connectivity index (χ1) is 6.18. The summed E-state index contributed by atoms with van der Waals surface area (Å²) in [5.74, 6) is 0.235. The molecule has 13 heavy (non-hydrogen) atoms. The summed E-state index contributed by atoms with van der Waals surface area (Å²) in [6.45, 7) is 0.700. The number of carbonyl (C=O) groups excluding carboxylic acids is 1. The van der Waals surface area contributed by atoms with Crippen LogP contribution in [0.2, 0.25) is 0 Å². The van der Waals surface area contributed by atoms with Crippen LogP contribution >= 0.6 is 0 Å². The number of nitrogens with zero attached hydrogens (tertiary/aromatic N) is 1. The molecule has 1 saturated heterocycles. The van der Waals surface area contributed by atoms with Crippen LogP contribution < -0.4 is 5.32 Å². The van der Waals surface area contributed by atoms with Gasteiger partial charge in [-0.05, 0) is 18.8 Å². The number of hydrogen-bond acceptors (Lipinski definition) is 3. The second kappa shape index (κ2) is 4.79. The van der Waals surface area contributed by atoms with Crippen molar-refractivity contribution in [1.29, 1.82) is 0 Å². The zero-order chi connectivity index (χ0) is 9.68. The van der Waals surface area contributed by atoms with E-state index >= 15 is 0 Å². The van der Waals surface area contributed by atoms with Crippen molar-refractivity contribution < 1.29 is 9.72 Å². The Balaban J connectivity index is 2.30. The highest BCUT2D eigenvalue weighted by molar-refractivity contribution is 5.76. The van der Waals surface area contributed by atoms with Gasteiger partial charge in [-0.2, -0.15) is 0 Å². The van der Waals surface area contributed by atoms with Crippen molar-refractivity contribution >= 4 is 5.91 Å². The lowest BCUT2D eigenvalue weighted by Gasteiger charge is -2.08. The maximum Gasteiger partial charge on any atom is 0.220 e. The molecule has 0 aromatic carbocycles. The molecule has 0 bridgehead atoms. The molecule has 1 N–H and O–H groups in total. The van der Waals surface area contributed by atoms with E-state index < -0.39 is 0 Å². The summed E-state index contributed by atoms with van der Waals surface area (Å²) in [4.78, 5) is 20.9. The highest BCUT2D eigenvalue weighted by Gasteiger charge is 2.18. The van der Waals surface area contributed by atoms with E-state index in [1.54, 1.807) is 0 Å². The molecule has 0 spiro atoms. The van der Waals surface area contributed by atoms with E-state index in [2.05, 4.69) is 5.32 Å². The van der Waals surface area contributed by atoms with Crippen LogP contribution in [0.1, 0.15) is 25.7 Å². The molecule has 1 amide bonds. The van der Waals surface area contributed by atoms with Crippen LogP contribution in [0.5, 0.6) is 0 Å². The maximum atomic E-state index is 11.1. The van der Waals surface area contributed by atoms with Crippen LogP contribution in [0.3, 0.4) is 0 Å². The minimum Gasteiger partial charge on any atom is -0.356 e. The van der Waals surface area contributed by atoms with Crippen LogP contribution in [-0.4, -0.2) is 23.9 Å². The molecular weight excluding hydrogens is 172 g/mol. The summed E-state index contributed by atoms with van der Waals surface area (Å²) in [6, 6.07) is 0. The largest absolute Gasteiger partial charge is 0.356 e. The van der Waals surface area contributed by atoms with Crippen LogP contribution in [0.4, 0.5) is 0 Å². The van der Waals surface area contributed by atoms with Crippen molar-refractivity contribution in [1.82, 2.24) is 5.32 Å². The highest BCUT2D eigenvalue weighted by atomic mass is 16.6. The van der Waals surface area contributed by atoms with Gasteiger partial charge in [0.25, 0.3) is 0 Å². The quantitative estimate of drug-likeness (QED) is 0.517. The third kappa shape index (κ3) is 3.87. The summed E-state index contributed by atoms with van der Waals surface area (Å²) in [5, 5.41) is 12.9. The molecule has 0 aromatic rings. The minimum absolute atomic E-state index is 0.0159. The van der Waals surface area contributed by atoms with Gasteiger partial charge in [-0.25, -0.2) is 0 Å². The number of hydrogen-bond donors (Lipinski definition) is 1. The minimum atomic E-state index is -0.317. The fourth-order valence-electron chi connectivity index (χ4n) is 1.59. The van der Waals surface area contributed by atoms with Gasteiger partial charge in [-0.1, -0.05) is 0 Å². The second-order valence-corrected chi connectivity index (χ2v) is 3.41. The first-order valence-corrected chi connectivity index (χ1v) is 4.57. The zero-order valence-corrected chi connectivity index (χ0v) is 7.49. The van der Waals surface area contributed by atoms with E-state index in [9.17, 15) is 14.9 Å². The Labute approximate surface area is 76.7 Å². The van der Waals surface area contributed by atoms with Gasteiger partial charge in [-0.3, -0.25) is 14.9 Å². The fraction of sp³-hybridized carbons (Fsp3) is 0.875. The molecule has 1 unspecified atom stereocenters. The molecule has 0 saturated carbocycles. The Bertz CT molecular complexity index is 206. The van der Waals surface area contributed by atoms with Crippen molar-refractivity contribution in [2.45, 2.75) is 25.7 Å². The smallest absolute Gasteiger partial charge is 0.220 e. The first-order valence-electron chi connectivity index (χ1n) is 4.57. The lowest BCUT2D eigenvalue weighted by Crippen LogP contribution is -2.22. The molecule has 1 rings (SSSR count). The van der Waals surface area contributed by atoms with E-state index in [1.807, 2.05) is 0 Å². The Hall–Kier alpha value is -1.13. The second-order valence-electron chi connectivity index (χ2n) is 3.41. The molecule has 0 aromatic heterocycles. The topological polar surface area (TPSA) is 72.2 Å². The third-order valence-corrected chi connectivity index (χ3v) is 2.31. The molecule has 5 nitrogen and oxygen atoms in total. The Morgan fingerprint density at radius 2 is 2.38 bits per heavy atom. The normalized spacial score (nSPS) is 23.4. The third-order valence-electron chi connectivity index (χ3n) is 2.31. The molecule has 1 aliphatic rings. The van der Waals surface area contributed by atoms with Gasteiger partial charge in [0.2, 0.25) is 12.5 Å². The Morgan fingerprint density at radius 1 is 1.62 bits per heavy atom. The van der Waals surface area contributed by atoms with E-state index in [1.165, 1.54) is 0 Å². The number of nitrogens with one attached hydrogen (secondary N) is 1. The van der Waals surface area contributed by atoms with Crippen molar-refractivity contribution in [2.24, 2.45) is 5.92 Å². The zero-order valence-electron chi connectivity index (χ0n) is 7.49. The molecule has 1 heterocycles. The molecule has 74 valence electrons. The number of amides is 1. The van der Waals surface area contributed by atoms with E-state index in [4.69, 9.17) is 0 Å². The molecular formula is C8H14N2O3. The van der Waals surface area contributed by atoms with Gasteiger partial charge in [0.1, 0.15) is 0 Å². The summed E-state index contributed by atoms with van der Waals surface area (Å²) in [7, 11) is 0. The van der Waals surface area contributed by atoms with Gasteiger partial charge in [-0.15, -0.1) is 0 Å². The average Bonchev–Trinajstić information content (AvgIpc) is 2.26. The number of carbonyl (C=O) groups is 1. The lowest BCUT2D eigenvalue weighted by molar-refractivity contribution is -0.481. The van der Waals surface area contributed by atoms with Gasteiger partial charge in [0.15, 0.2) is 0 Å². The van der Waals surface area contributed by atoms with Gasteiger partial charge >= 0.3 is 0 Å². The van der Waals surface area contributed by atoms with Gasteiger partial charge in [0, 0.05) is 24.3 Å². The monoisotopic (exact) mass is 186 g/mol. The molecule has 1 aliphatic heterocycles. The van der Waals surface area contributed by atoms with E-state index in [0.29, 0.717) is 19.4 Å². The summed E-state index contributed by atoms with van der Waals surface area (Å²) in [5.41, 5.74) is 0. The predicted octanol–water partition coefficient (Wildman–Crippen LogP) is 0.569. The Kier molecular flexibility index (Phi) is 3.67. The Morgan fingerprint density at radius 3 is 3.08 bits per heavy atom. The number of rotatable bonds is 3. The first kappa shape index (κ1) is 9.95. The molecule has 0 aliphatic carbocycles. The molecule has 0 radical (unpaired) electrons. The van der Waals surface area contributed by atoms with Crippen LogP contribution in [0.15, 0.2) is 0 Å². The molecule has 5 heteroatoms. The summed E-state index contributed by atoms with van der Waals surface area (Å²) >= 11 is 0. The summed E-state index contributed by atoms with van der Waals surface area (Å²) in [6.07, 6.45) is 2.84. The number of nitro groups is 1. The average molecular weight is 186 g/mol. The van der Waals surface area contributed by atoms with Crippen molar-refractivity contribution in [2.75, 3.05) is 13.1 Å².